The summed E-state index contributed by atoms with van der Waals surface area (Å²) in [6.45, 7) is 3.05. The molecule has 1 fully saturated rings. The molecule has 26 heavy (non-hydrogen) atoms. The molecule has 0 aliphatic carbocycles. The van der Waals surface area contributed by atoms with Crippen LogP contribution in [0.15, 0.2) is 48.5 Å². The molecule has 0 atom stereocenters. The van der Waals surface area contributed by atoms with E-state index in [1.807, 2.05) is 48.5 Å². The van der Waals surface area contributed by atoms with Gasteiger partial charge in [0.05, 0.1) is 14.2 Å². The molecule has 1 aliphatic heterocycles. The van der Waals surface area contributed by atoms with E-state index in [1.54, 1.807) is 20.3 Å². The summed E-state index contributed by atoms with van der Waals surface area (Å²) >= 11 is 0. The predicted molar refractivity (Wildman–Crippen MR) is 104 cm³/mol. The lowest BCUT2D eigenvalue weighted by Gasteiger charge is -2.17. The van der Waals surface area contributed by atoms with Crippen LogP contribution in [-0.2, 0) is 6.54 Å². The topological polar surface area (TPSA) is 38.8 Å². The average molecular weight is 351 g/mol. The Morgan fingerprint density at radius 2 is 1.77 bits per heavy atom. The van der Waals surface area contributed by atoms with Crippen molar-refractivity contribution in [2.24, 2.45) is 0 Å². The molecule has 0 radical (unpaired) electrons. The predicted octanol–water partition coefficient (Wildman–Crippen LogP) is 4.20. The maximum Gasteiger partial charge on any atom is 0.185 e. The lowest BCUT2D eigenvalue weighted by Crippen LogP contribution is -2.19. The van der Waals surface area contributed by atoms with Crippen LogP contribution in [0.5, 0.6) is 11.5 Å². The van der Waals surface area contributed by atoms with E-state index in [9.17, 15) is 4.79 Å². The SMILES string of the molecule is COc1ccc(/C=C/C(=O)c2ccc(OC)c(CN3CCCC3)c2)cc1. The monoisotopic (exact) mass is 351 g/mol. The number of likely N-dealkylation sites (tertiary alicyclic amines) is 1. The van der Waals surface area contributed by atoms with Crippen LogP contribution in [0, 0.1) is 0 Å². The number of benzene rings is 2. The summed E-state index contributed by atoms with van der Waals surface area (Å²) in [4.78, 5) is 15.0. The molecule has 1 saturated heterocycles. The molecule has 2 aromatic rings. The maximum atomic E-state index is 12.6. The molecule has 1 heterocycles. The number of methoxy groups -OCH3 is 2. The average Bonchev–Trinajstić information content (AvgIpc) is 3.19. The van der Waals surface area contributed by atoms with Gasteiger partial charge in [-0.1, -0.05) is 18.2 Å². The van der Waals surface area contributed by atoms with Crippen molar-refractivity contribution in [3.63, 3.8) is 0 Å². The molecule has 4 heteroatoms. The van der Waals surface area contributed by atoms with E-state index in [2.05, 4.69) is 4.90 Å². The minimum Gasteiger partial charge on any atom is -0.497 e. The van der Waals surface area contributed by atoms with Gasteiger partial charge in [0.25, 0.3) is 0 Å². The number of allylic oxidation sites excluding steroid dienone is 1. The molecule has 0 N–H and O–H groups in total. The van der Waals surface area contributed by atoms with E-state index in [1.165, 1.54) is 12.8 Å². The van der Waals surface area contributed by atoms with Crippen LogP contribution in [0.3, 0.4) is 0 Å². The molecule has 0 spiro atoms. The number of hydrogen-bond donors (Lipinski definition) is 0. The van der Waals surface area contributed by atoms with E-state index < -0.39 is 0 Å². The summed E-state index contributed by atoms with van der Waals surface area (Å²) in [5, 5.41) is 0. The highest BCUT2D eigenvalue weighted by Crippen LogP contribution is 2.24. The standard InChI is InChI=1S/C22H25NO3/c1-25-20-9-5-17(6-10-20)7-11-21(24)18-8-12-22(26-2)19(15-18)16-23-13-3-4-14-23/h5-12,15H,3-4,13-14,16H2,1-2H3/b11-7+. The van der Waals surface area contributed by atoms with Gasteiger partial charge in [0.15, 0.2) is 5.78 Å². The summed E-state index contributed by atoms with van der Waals surface area (Å²) in [5.74, 6) is 1.63. The summed E-state index contributed by atoms with van der Waals surface area (Å²) in [5.41, 5.74) is 2.72. The quantitative estimate of drug-likeness (QED) is 0.554. The van der Waals surface area contributed by atoms with Crippen molar-refractivity contribution < 1.29 is 14.3 Å². The van der Waals surface area contributed by atoms with Gasteiger partial charge in [-0.15, -0.1) is 0 Å². The van der Waals surface area contributed by atoms with Crippen LogP contribution in [0.4, 0.5) is 0 Å². The summed E-state index contributed by atoms with van der Waals surface area (Å²) in [6.07, 6.45) is 5.92. The zero-order valence-electron chi connectivity index (χ0n) is 15.4. The minimum atomic E-state index is -0.00820. The normalized spacial score (nSPS) is 14.7. The highest BCUT2D eigenvalue weighted by atomic mass is 16.5. The third kappa shape index (κ3) is 4.52. The van der Waals surface area contributed by atoms with Crippen LogP contribution >= 0.6 is 0 Å². The number of ketones is 1. The van der Waals surface area contributed by atoms with Gasteiger partial charge in [0, 0.05) is 17.7 Å². The second-order valence-corrected chi connectivity index (χ2v) is 6.48. The molecule has 4 nitrogen and oxygen atoms in total. The summed E-state index contributed by atoms with van der Waals surface area (Å²) in [6, 6.07) is 13.3. The fourth-order valence-electron chi connectivity index (χ4n) is 3.22. The van der Waals surface area contributed by atoms with Gasteiger partial charge in [0.1, 0.15) is 11.5 Å². The van der Waals surface area contributed by atoms with Crippen LogP contribution in [0.25, 0.3) is 6.08 Å². The maximum absolute atomic E-state index is 12.6. The lowest BCUT2D eigenvalue weighted by atomic mass is 10.0. The fourth-order valence-corrected chi connectivity index (χ4v) is 3.22. The van der Waals surface area contributed by atoms with E-state index in [-0.39, 0.29) is 5.78 Å². The number of ether oxygens (including phenoxy) is 2. The van der Waals surface area contributed by atoms with Gasteiger partial charge in [0.2, 0.25) is 0 Å². The number of nitrogens with zero attached hydrogens (tertiary/aromatic N) is 1. The highest BCUT2D eigenvalue weighted by molar-refractivity contribution is 6.07. The number of rotatable bonds is 7. The second-order valence-electron chi connectivity index (χ2n) is 6.48. The van der Waals surface area contributed by atoms with Gasteiger partial charge in [-0.25, -0.2) is 0 Å². The van der Waals surface area contributed by atoms with E-state index >= 15 is 0 Å². The Morgan fingerprint density at radius 3 is 2.42 bits per heavy atom. The smallest absolute Gasteiger partial charge is 0.185 e. The van der Waals surface area contributed by atoms with Crippen molar-refractivity contribution >= 4 is 11.9 Å². The van der Waals surface area contributed by atoms with Crippen molar-refractivity contribution in [1.29, 1.82) is 0 Å². The first-order valence-electron chi connectivity index (χ1n) is 8.95. The first kappa shape index (κ1) is 18.2. The van der Waals surface area contributed by atoms with E-state index in [0.717, 1.165) is 42.3 Å². The number of carbonyl (C=O) groups excluding carboxylic acids is 1. The number of hydrogen-bond acceptors (Lipinski definition) is 4. The third-order valence-corrected chi connectivity index (χ3v) is 4.70. The Hall–Kier alpha value is -2.59. The Labute approximate surface area is 155 Å². The van der Waals surface area contributed by atoms with Crippen LogP contribution in [-0.4, -0.2) is 38.0 Å². The Kier molecular flexibility index (Phi) is 6.08. The molecule has 0 unspecified atom stereocenters. The number of carbonyl (C=O) groups is 1. The van der Waals surface area contributed by atoms with Gasteiger partial charge >= 0.3 is 0 Å². The van der Waals surface area contributed by atoms with Gasteiger partial charge in [-0.05, 0) is 67.9 Å². The molecular weight excluding hydrogens is 326 g/mol. The van der Waals surface area contributed by atoms with Crippen molar-refractivity contribution in [3.8, 4) is 11.5 Å². The Morgan fingerprint density at radius 1 is 1.04 bits per heavy atom. The molecule has 0 aromatic heterocycles. The van der Waals surface area contributed by atoms with Crippen LogP contribution in [0.2, 0.25) is 0 Å². The molecular formula is C22H25NO3. The minimum absolute atomic E-state index is 0.00820. The molecule has 0 saturated carbocycles. The zero-order valence-corrected chi connectivity index (χ0v) is 15.4. The highest BCUT2D eigenvalue weighted by Gasteiger charge is 2.15. The molecule has 3 rings (SSSR count). The fraction of sp³-hybridized carbons (Fsp3) is 0.318. The largest absolute Gasteiger partial charge is 0.497 e. The Bertz CT molecular complexity index is 774. The first-order valence-corrected chi connectivity index (χ1v) is 8.95. The molecule has 1 aliphatic rings. The van der Waals surface area contributed by atoms with Crippen LogP contribution < -0.4 is 9.47 Å². The van der Waals surface area contributed by atoms with Crippen molar-refractivity contribution in [3.05, 3.63) is 65.2 Å². The zero-order chi connectivity index (χ0) is 18.4. The van der Waals surface area contributed by atoms with E-state index in [0.29, 0.717) is 5.56 Å². The van der Waals surface area contributed by atoms with E-state index in [4.69, 9.17) is 9.47 Å². The Balaban J connectivity index is 1.74. The van der Waals surface area contributed by atoms with Crippen LogP contribution in [0.1, 0.15) is 34.3 Å². The van der Waals surface area contributed by atoms with Crippen molar-refractivity contribution in [2.75, 3.05) is 27.3 Å². The summed E-state index contributed by atoms with van der Waals surface area (Å²) in [7, 11) is 3.31. The summed E-state index contributed by atoms with van der Waals surface area (Å²) < 4.78 is 10.6. The lowest BCUT2D eigenvalue weighted by molar-refractivity contribution is 0.104. The first-order chi connectivity index (χ1) is 12.7. The van der Waals surface area contributed by atoms with Gasteiger partial charge < -0.3 is 9.47 Å². The van der Waals surface area contributed by atoms with Gasteiger partial charge in [-0.2, -0.15) is 0 Å². The molecule has 2 aromatic carbocycles. The second kappa shape index (κ2) is 8.68. The molecule has 0 amide bonds. The molecule has 136 valence electrons. The third-order valence-electron chi connectivity index (χ3n) is 4.70. The van der Waals surface area contributed by atoms with Crippen molar-refractivity contribution in [1.82, 2.24) is 4.90 Å². The van der Waals surface area contributed by atoms with Crippen molar-refractivity contribution in [2.45, 2.75) is 19.4 Å². The molecule has 0 bridgehead atoms. The van der Waals surface area contributed by atoms with Gasteiger partial charge in [-0.3, -0.25) is 9.69 Å².